The topological polar surface area (TPSA) is 35.2 Å². The van der Waals surface area contributed by atoms with Gasteiger partial charge < -0.3 is 10.5 Å². The molecule has 0 aliphatic carbocycles. The molecule has 2 heteroatoms. The summed E-state index contributed by atoms with van der Waals surface area (Å²) >= 11 is 0. The molecule has 0 saturated heterocycles. The first-order valence-corrected chi connectivity index (χ1v) is 4.77. The highest BCUT2D eigenvalue weighted by Gasteiger charge is 2.19. The molecule has 70 valence electrons. The molecule has 1 aromatic carbocycles. The Morgan fingerprint density at radius 2 is 2.38 bits per heavy atom. The number of fused-ring (bicyclic) bond motifs is 1. The zero-order valence-electron chi connectivity index (χ0n) is 7.92. The van der Waals surface area contributed by atoms with Crippen molar-refractivity contribution in [2.45, 2.75) is 26.0 Å². The number of hydrogen-bond acceptors (Lipinski definition) is 2. The van der Waals surface area contributed by atoms with Crippen LogP contribution < -0.4 is 5.73 Å². The Labute approximate surface area is 78.7 Å². The van der Waals surface area contributed by atoms with Gasteiger partial charge in [-0.05, 0) is 23.1 Å². The summed E-state index contributed by atoms with van der Waals surface area (Å²) in [5, 5.41) is 0. The molecule has 0 bridgehead atoms. The first-order valence-electron chi connectivity index (χ1n) is 4.77. The molecule has 1 heterocycles. The third-order valence-corrected chi connectivity index (χ3v) is 2.59. The molecule has 0 saturated carbocycles. The number of rotatable bonds is 1. The summed E-state index contributed by atoms with van der Waals surface area (Å²) in [6.45, 7) is 3.54. The zero-order chi connectivity index (χ0) is 9.26. The van der Waals surface area contributed by atoms with Crippen LogP contribution in [0.4, 0.5) is 0 Å². The molecule has 2 N–H and O–H groups in total. The monoisotopic (exact) mass is 177 g/mol. The van der Waals surface area contributed by atoms with Crippen LogP contribution in [0.25, 0.3) is 0 Å². The number of aryl methyl sites for hydroxylation is 1. The fourth-order valence-electron chi connectivity index (χ4n) is 1.96. The number of benzene rings is 1. The largest absolute Gasteiger partial charge is 0.375 e. The predicted molar refractivity (Wildman–Crippen MR) is 52.4 cm³/mol. The van der Waals surface area contributed by atoms with E-state index >= 15 is 0 Å². The van der Waals surface area contributed by atoms with E-state index in [1.165, 1.54) is 16.7 Å². The van der Waals surface area contributed by atoms with Crippen molar-refractivity contribution in [1.29, 1.82) is 0 Å². The lowest BCUT2D eigenvalue weighted by atomic mass is 9.93. The maximum atomic E-state index is 6.00. The maximum absolute atomic E-state index is 6.00. The molecule has 1 aliphatic rings. The molecule has 1 aliphatic heterocycles. The van der Waals surface area contributed by atoms with E-state index in [9.17, 15) is 0 Å². The fraction of sp³-hybridized carbons (Fsp3) is 0.455. The Morgan fingerprint density at radius 1 is 1.54 bits per heavy atom. The minimum Gasteiger partial charge on any atom is -0.375 e. The van der Waals surface area contributed by atoms with Crippen LogP contribution in [0, 0.1) is 0 Å². The van der Waals surface area contributed by atoms with Crippen molar-refractivity contribution in [2.24, 2.45) is 5.73 Å². The molecule has 2 nitrogen and oxygen atoms in total. The van der Waals surface area contributed by atoms with E-state index in [1.54, 1.807) is 0 Å². The zero-order valence-corrected chi connectivity index (χ0v) is 7.92. The van der Waals surface area contributed by atoms with Crippen molar-refractivity contribution in [2.75, 3.05) is 6.61 Å². The van der Waals surface area contributed by atoms with Gasteiger partial charge in [0.1, 0.15) is 0 Å². The second kappa shape index (κ2) is 3.48. The standard InChI is InChI=1S/C11H15NO/c1-2-8-4-3-5-9-6-13-7-10(12)11(8)9/h3-5,10H,2,6-7,12H2,1H3/t10-/m1/s1. The van der Waals surface area contributed by atoms with Gasteiger partial charge in [0, 0.05) is 0 Å². The molecule has 1 atom stereocenters. The Kier molecular flexibility index (Phi) is 2.34. The summed E-state index contributed by atoms with van der Waals surface area (Å²) < 4.78 is 5.38. The van der Waals surface area contributed by atoms with E-state index in [2.05, 4.69) is 25.1 Å². The third kappa shape index (κ3) is 1.47. The van der Waals surface area contributed by atoms with Crippen LogP contribution in [0.3, 0.4) is 0 Å². The van der Waals surface area contributed by atoms with Gasteiger partial charge in [0.25, 0.3) is 0 Å². The van der Waals surface area contributed by atoms with Gasteiger partial charge in [-0.1, -0.05) is 25.1 Å². The van der Waals surface area contributed by atoms with Crippen molar-refractivity contribution in [3.8, 4) is 0 Å². The maximum Gasteiger partial charge on any atom is 0.0721 e. The van der Waals surface area contributed by atoms with Crippen LogP contribution in [0.2, 0.25) is 0 Å². The molecule has 0 spiro atoms. The first kappa shape index (κ1) is 8.73. The van der Waals surface area contributed by atoms with Gasteiger partial charge in [0.15, 0.2) is 0 Å². The SMILES string of the molecule is CCc1cccc2c1[C@H](N)COC2. The van der Waals surface area contributed by atoms with Crippen LogP contribution >= 0.6 is 0 Å². The van der Waals surface area contributed by atoms with Gasteiger partial charge in [-0.15, -0.1) is 0 Å². The van der Waals surface area contributed by atoms with E-state index in [1.807, 2.05) is 0 Å². The lowest BCUT2D eigenvalue weighted by molar-refractivity contribution is 0.0920. The number of ether oxygens (including phenoxy) is 1. The van der Waals surface area contributed by atoms with Gasteiger partial charge >= 0.3 is 0 Å². The first-order chi connectivity index (χ1) is 6.33. The summed E-state index contributed by atoms with van der Waals surface area (Å²) in [5.41, 5.74) is 9.94. The second-order valence-electron chi connectivity index (χ2n) is 3.47. The molecule has 2 rings (SSSR count). The van der Waals surface area contributed by atoms with Crippen LogP contribution in [-0.4, -0.2) is 6.61 Å². The summed E-state index contributed by atoms with van der Waals surface area (Å²) in [7, 11) is 0. The highest BCUT2D eigenvalue weighted by molar-refractivity contribution is 5.38. The van der Waals surface area contributed by atoms with E-state index in [4.69, 9.17) is 10.5 Å². The molecule has 0 aromatic heterocycles. The fourth-order valence-corrected chi connectivity index (χ4v) is 1.96. The predicted octanol–water partition coefficient (Wildman–Crippen LogP) is 1.78. The summed E-state index contributed by atoms with van der Waals surface area (Å²) in [6, 6.07) is 6.41. The molecule has 0 radical (unpaired) electrons. The van der Waals surface area contributed by atoms with Gasteiger partial charge in [0.2, 0.25) is 0 Å². The smallest absolute Gasteiger partial charge is 0.0721 e. The van der Waals surface area contributed by atoms with Crippen molar-refractivity contribution >= 4 is 0 Å². The van der Waals surface area contributed by atoms with E-state index in [-0.39, 0.29) is 6.04 Å². The van der Waals surface area contributed by atoms with E-state index in [0.717, 1.165) is 13.0 Å². The minimum absolute atomic E-state index is 0.0694. The number of hydrogen-bond donors (Lipinski definition) is 1. The highest BCUT2D eigenvalue weighted by Crippen LogP contribution is 2.26. The quantitative estimate of drug-likeness (QED) is 0.709. The van der Waals surface area contributed by atoms with Gasteiger partial charge in [-0.3, -0.25) is 0 Å². The molecule has 13 heavy (non-hydrogen) atoms. The summed E-state index contributed by atoms with van der Waals surface area (Å²) in [5.74, 6) is 0. The summed E-state index contributed by atoms with van der Waals surface area (Å²) in [6.07, 6.45) is 1.05. The van der Waals surface area contributed by atoms with Crippen molar-refractivity contribution in [3.63, 3.8) is 0 Å². The van der Waals surface area contributed by atoms with E-state index < -0.39 is 0 Å². The molecule has 0 amide bonds. The van der Waals surface area contributed by atoms with Crippen LogP contribution in [0.5, 0.6) is 0 Å². The van der Waals surface area contributed by atoms with Gasteiger partial charge in [-0.2, -0.15) is 0 Å². The third-order valence-electron chi connectivity index (χ3n) is 2.59. The average Bonchev–Trinajstić information content (AvgIpc) is 2.17. The Balaban J connectivity index is 2.50. The molecule has 0 unspecified atom stereocenters. The van der Waals surface area contributed by atoms with E-state index in [0.29, 0.717) is 6.61 Å². The molecular formula is C11H15NO. The Bertz CT molecular complexity index is 295. The average molecular weight is 177 g/mol. The van der Waals surface area contributed by atoms with Crippen LogP contribution in [-0.2, 0) is 17.8 Å². The van der Waals surface area contributed by atoms with Crippen LogP contribution in [0.1, 0.15) is 29.7 Å². The van der Waals surface area contributed by atoms with Gasteiger partial charge in [-0.25, -0.2) is 0 Å². The van der Waals surface area contributed by atoms with Crippen molar-refractivity contribution in [3.05, 3.63) is 34.9 Å². The van der Waals surface area contributed by atoms with Crippen molar-refractivity contribution < 1.29 is 4.74 Å². The van der Waals surface area contributed by atoms with Crippen molar-refractivity contribution in [1.82, 2.24) is 0 Å². The lowest BCUT2D eigenvalue weighted by Gasteiger charge is -2.25. The normalized spacial score (nSPS) is 21.2. The highest BCUT2D eigenvalue weighted by atomic mass is 16.5. The molecule has 0 fully saturated rings. The number of nitrogens with two attached hydrogens (primary N) is 1. The van der Waals surface area contributed by atoms with Gasteiger partial charge in [0.05, 0.1) is 19.3 Å². The lowest BCUT2D eigenvalue weighted by Crippen LogP contribution is -2.24. The van der Waals surface area contributed by atoms with Crippen LogP contribution in [0.15, 0.2) is 18.2 Å². The summed E-state index contributed by atoms with van der Waals surface area (Å²) in [4.78, 5) is 0. The Hall–Kier alpha value is -0.860. The molecular weight excluding hydrogens is 162 g/mol. The molecule has 1 aromatic rings. The minimum atomic E-state index is 0.0694. The Morgan fingerprint density at radius 3 is 3.15 bits per heavy atom. The second-order valence-corrected chi connectivity index (χ2v) is 3.47.